The first kappa shape index (κ1) is 14.4. The molecule has 3 heteroatoms. The lowest BCUT2D eigenvalue weighted by molar-refractivity contribution is 0.414. The Morgan fingerprint density at radius 3 is 2.59 bits per heavy atom. The van der Waals surface area contributed by atoms with Crippen LogP contribution in [0, 0.1) is 0 Å². The van der Waals surface area contributed by atoms with Gasteiger partial charge in [0.05, 0.1) is 7.11 Å². The van der Waals surface area contributed by atoms with Gasteiger partial charge in [-0.25, -0.2) is 0 Å². The first-order chi connectivity index (χ1) is 8.26. The summed E-state index contributed by atoms with van der Waals surface area (Å²) in [5.74, 6) is 3.21. The van der Waals surface area contributed by atoms with E-state index in [4.69, 9.17) is 10.5 Å². The minimum absolute atomic E-state index is 0.314. The fraction of sp³-hybridized carbons (Fsp3) is 0.571. The van der Waals surface area contributed by atoms with Crippen LogP contribution in [0.5, 0.6) is 5.75 Å². The van der Waals surface area contributed by atoms with E-state index < -0.39 is 0 Å². The van der Waals surface area contributed by atoms with Crippen molar-refractivity contribution >= 4 is 11.8 Å². The van der Waals surface area contributed by atoms with Gasteiger partial charge in [0.1, 0.15) is 5.75 Å². The van der Waals surface area contributed by atoms with Crippen LogP contribution in [0.15, 0.2) is 24.3 Å². The summed E-state index contributed by atoms with van der Waals surface area (Å²) in [4.78, 5) is 0. The predicted octanol–water partition coefficient (Wildman–Crippen LogP) is 3.10. The van der Waals surface area contributed by atoms with Crippen molar-refractivity contribution in [1.29, 1.82) is 0 Å². The average Bonchev–Trinajstić information content (AvgIpc) is 2.37. The van der Waals surface area contributed by atoms with E-state index in [-0.39, 0.29) is 0 Å². The molecule has 0 aliphatic heterocycles. The first-order valence-electron chi connectivity index (χ1n) is 6.22. The minimum atomic E-state index is 0.314. The second-order valence-corrected chi connectivity index (χ2v) is 5.37. The van der Waals surface area contributed by atoms with Crippen LogP contribution < -0.4 is 10.5 Å². The third kappa shape index (κ3) is 5.99. The molecule has 1 aromatic carbocycles. The molecule has 2 nitrogen and oxygen atoms in total. The van der Waals surface area contributed by atoms with Gasteiger partial charge in [-0.2, -0.15) is 11.8 Å². The Kier molecular flexibility index (Phi) is 7.13. The number of ether oxygens (including phenoxy) is 1. The van der Waals surface area contributed by atoms with E-state index in [1.165, 1.54) is 17.7 Å². The van der Waals surface area contributed by atoms with Crippen molar-refractivity contribution in [3.8, 4) is 5.75 Å². The van der Waals surface area contributed by atoms with Crippen LogP contribution in [-0.2, 0) is 6.42 Å². The highest BCUT2D eigenvalue weighted by Gasteiger charge is 2.03. The largest absolute Gasteiger partial charge is 0.497 e. The average molecular weight is 253 g/mol. The summed E-state index contributed by atoms with van der Waals surface area (Å²) in [5, 5.41) is 0. The van der Waals surface area contributed by atoms with Crippen LogP contribution in [0.4, 0.5) is 0 Å². The van der Waals surface area contributed by atoms with Gasteiger partial charge in [0.15, 0.2) is 0 Å². The van der Waals surface area contributed by atoms with Gasteiger partial charge >= 0.3 is 0 Å². The molecule has 0 heterocycles. The maximum atomic E-state index is 6.07. The topological polar surface area (TPSA) is 35.2 Å². The quantitative estimate of drug-likeness (QED) is 0.723. The fourth-order valence-electron chi connectivity index (χ4n) is 1.61. The molecule has 96 valence electrons. The summed E-state index contributed by atoms with van der Waals surface area (Å²) in [7, 11) is 1.69. The van der Waals surface area contributed by atoms with Crippen molar-refractivity contribution < 1.29 is 4.74 Å². The number of nitrogens with two attached hydrogens (primary N) is 1. The zero-order chi connectivity index (χ0) is 12.5. The van der Waals surface area contributed by atoms with Gasteiger partial charge < -0.3 is 10.5 Å². The zero-order valence-electron chi connectivity index (χ0n) is 10.8. The number of benzene rings is 1. The highest BCUT2D eigenvalue weighted by Crippen LogP contribution is 2.14. The Balaban J connectivity index is 2.24. The van der Waals surface area contributed by atoms with Crippen LogP contribution in [0.3, 0.4) is 0 Å². The molecule has 0 fully saturated rings. The molecule has 0 aromatic heterocycles. The lowest BCUT2D eigenvalue weighted by atomic mass is 10.1. The molecule has 0 aliphatic carbocycles. The molecule has 0 saturated heterocycles. The summed E-state index contributed by atoms with van der Waals surface area (Å²) >= 11 is 1.96. The monoisotopic (exact) mass is 253 g/mol. The normalized spacial score (nSPS) is 12.4. The highest BCUT2D eigenvalue weighted by molar-refractivity contribution is 7.99. The maximum Gasteiger partial charge on any atom is 0.118 e. The molecule has 0 saturated carbocycles. The van der Waals surface area contributed by atoms with Gasteiger partial charge in [-0.15, -0.1) is 0 Å². The van der Waals surface area contributed by atoms with Crippen molar-refractivity contribution in [3.63, 3.8) is 0 Å². The van der Waals surface area contributed by atoms with Crippen LogP contribution in [-0.4, -0.2) is 24.7 Å². The molecule has 1 rings (SSSR count). The van der Waals surface area contributed by atoms with Crippen LogP contribution in [0.2, 0.25) is 0 Å². The van der Waals surface area contributed by atoms with E-state index in [2.05, 4.69) is 19.1 Å². The summed E-state index contributed by atoms with van der Waals surface area (Å²) in [6, 6.07) is 8.56. The van der Waals surface area contributed by atoms with E-state index >= 15 is 0 Å². The molecule has 0 bridgehead atoms. The molecule has 17 heavy (non-hydrogen) atoms. The summed E-state index contributed by atoms with van der Waals surface area (Å²) < 4.78 is 5.13. The molecule has 0 aliphatic rings. The van der Waals surface area contributed by atoms with E-state index in [0.29, 0.717) is 6.04 Å². The smallest absolute Gasteiger partial charge is 0.118 e. The van der Waals surface area contributed by atoms with Crippen molar-refractivity contribution in [2.75, 3.05) is 18.6 Å². The number of hydrogen-bond donors (Lipinski definition) is 1. The van der Waals surface area contributed by atoms with Gasteiger partial charge in [-0.1, -0.05) is 19.1 Å². The van der Waals surface area contributed by atoms with Crippen LogP contribution >= 0.6 is 11.8 Å². The summed E-state index contributed by atoms with van der Waals surface area (Å²) in [5.41, 5.74) is 7.41. The molecule has 1 aromatic rings. The second-order valence-electron chi connectivity index (χ2n) is 4.22. The molecule has 1 atom stereocenters. The Hall–Kier alpha value is -0.670. The zero-order valence-corrected chi connectivity index (χ0v) is 11.6. The summed E-state index contributed by atoms with van der Waals surface area (Å²) in [6.07, 6.45) is 3.34. The lowest BCUT2D eigenvalue weighted by Gasteiger charge is -2.11. The SMILES string of the molecule is CCCSCC(N)CCc1ccc(OC)cc1. The Morgan fingerprint density at radius 1 is 1.29 bits per heavy atom. The van der Waals surface area contributed by atoms with E-state index in [1.807, 2.05) is 23.9 Å². The second kappa shape index (κ2) is 8.43. The van der Waals surface area contributed by atoms with Gasteiger partial charge in [0.2, 0.25) is 0 Å². The van der Waals surface area contributed by atoms with Gasteiger partial charge in [-0.3, -0.25) is 0 Å². The van der Waals surface area contributed by atoms with Crippen molar-refractivity contribution in [2.45, 2.75) is 32.2 Å². The highest BCUT2D eigenvalue weighted by atomic mass is 32.2. The van der Waals surface area contributed by atoms with Gasteiger partial charge in [-0.05, 0) is 42.7 Å². The molecular weight excluding hydrogens is 230 g/mol. The van der Waals surface area contributed by atoms with Crippen LogP contribution in [0.1, 0.15) is 25.3 Å². The van der Waals surface area contributed by atoms with E-state index in [1.54, 1.807) is 7.11 Å². The van der Waals surface area contributed by atoms with Crippen molar-refractivity contribution in [1.82, 2.24) is 0 Å². The third-order valence-corrected chi connectivity index (χ3v) is 4.00. The van der Waals surface area contributed by atoms with E-state index in [9.17, 15) is 0 Å². The van der Waals surface area contributed by atoms with Crippen molar-refractivity contribution in [2.24, 2.45) is 5.73 Å². The maximum absolute atomic E-state index is 6.07. The Morgan fingerprint density at radius 2 is 2.00 bits per heavy atom. The fourth-order valence-corrected chi connectivity index (χ4v) is 2.53. The molecule has 0 radical (unpaired) electrons. The molecule has 2 N–H and O–H groups in total. The van der Waals surface area contributed by atoms with Crippen LogP contribution in [0.25, 0.3) is 0 Å². The third-order valence-electron chi connectivity index (χ3n) is 2.64. The number of thioether (sulfide) groups is 1. The molecule has 1 unspecified atom stereocenters. The minimum Gasteiger partial charge on any atom is -0.497 e. The standard InChI is InChI=1S/C14H23NOS/c1-3-10-17-11-13(15)7-4-12-5-8-14(16-2)9-6-12/h5-6,8-9,13H,3-4,7,10-11,15H2,1-2H3. The first-order valence-corrected chi connectivity index (χ1v) is 7.38. The van der Waals surface area contributed by atoms with Gasteiger partial charge in [0.25, 0.3) is 0 Å². The molecule has 0 amide bonds. The number of hydrogen-bond acceptors (Lipinski definition) is 3. The Bertz CT molecular complexity index is 300. The number of methoxy groups -OCH3 is 1. The Labute approximate surface area is 109 Å². The predicted molar refractivity (Wildman–Crippen MR) is 76.9 cm³/mol. The lowest BCUT2D eigenvalue weighted by Crippen LogP contribution is -2.23. The van der Waals surface area contributed by atoms with Gasteiger partial charge in [0, 0.05) is 11.8 Å². The number of rotatable bonds is 8. The van der Waals surface area contributed by atoms with E-state index in [0.717, 1.165) is 24.3 Å². The van der Waals surface area contributed by atoms with Crippen molar-refractivity contribution in [3.05, 3.63) is 29.8 Å². The molecule has 0 spiro atoms. The summed E-state index contributed by atoms with van der Waals surface area (Å²) in [6.45, 7) is 2.20. The number of aryl methyl sites for hydroxylation is 1. The molecular formula is C14H23NOS.